The van der Waals surface area contributed by atoms with E-state index in [1.54, 1.807) is 11.1 Å². The molecule has 3 aliphatic rings. The molecule has 37 heavy (non-hydrogen) atoms. The maximum absolute atomic E-state index is 12.3. The number of imide groups is 1. The number of urea groups is 1. The molecule has 1 saturated heterocycles. The minimum Gasteiger partial charge on any atom is -0.314 e. The van der Waals surface area contributed by atoms with Crippen LogP contribution in [0.5, 0.6) is 0 Å². The van der Waals surface area contributed by atoms with E-state index in [1.807, 2.05) is 11.6 Å². The lowest BCUT2D eigenvalue weighted by atomic mass is 9.92. The Hall–Kier alpha value is -3.71. The summed E-state index contributed by atoms with van der Waals surface area (Å²) in [4.78, 5) is 32.5. The number of anilines is 1. The molecule has 0 radical (unpaired) electrons. The van der Waals surface area contributed by atoms with E-state index in [-0.39, 0.29) is 5.91 Å². The Bertz CT molecular complexity index is 1370. The maximum Gasteiger partial charge on any atom is 0.329 e. The molecule has 7 nitrogen and oxygen atoms in total. The van der Waals surface area contributed by atoms with Crippen molar-refractivity contribution in [2.45, 2.75) is 51.7 Å². The predicted molar refractivity (Wildman–Crippen MR) is 145 cm³/mol. The van der Waals surface area contributed by atoms with Crippen LogP contribution in [0.4, 0.5) is 10.6 Å². The van der Waals surface area contributed by atoms with Crippen LogP contribution in [0.3, 0.4) is 0 Å². The summed E-state index contributed by atoms with van der Waals surface area (Å²) >= 11 is 0. The SMILES string of the molecule is C=C(c1ccc(CN2Cc3ccc(-c4ncc(N5CCC(=O)NC5=O)n4C)cc3C2)cc1)C1CCCC1. The lowest BCUT2D eigenvalue weighted by molar-refractivity contribution is -0.120. The molecule has 1 saturated carbocycles. The van der Waals surface area contributed by atoms with Gasteiger partial charge in [0.15, 0.2) is 0 Å². The van der Waals surface area contributed by atoms with E-state index in [4.69, 9.17) is 0 Å². The zero-order valence-corrected chi connectivity index (χ0v) is 21.4. The topological polar surface area (TPSA) is 70.5 Å². The van der Waals surface area contributed by atoms with Gasteiger partial charge >= 0.3 is 6.03 Å². The summed E-state index contributed by atoms with van der Waals surface area (Å²) < 4.78 is 1.92. The van der Waals surface area contributed by atoms with Gasteiger partial charge in [-0.2, -0.15) is 0 Å². The van der Waals surface area contributed by atoms with Crippen molar-refractivity contribution in [3.8, 4) is 11.4 Å². The fourth-order valence-corrected chi connectivity index (χ4v) is 6.01. The van der Waals surface area contributed by atoms with Gasteiger partial charge < -0.3 is 4.57 Å². The third-order valence-electron chi connectivity index (χ3n) is 8.13. The molecule has 0 bridgehead atoms. The molecule has 2 aliphatic heterocycles. The number of rotatable bonds is 6. The molecule has 190 valence electrons. The number of benzene rings is 2. The van der Waals surface area contributed by atoms with Crippen LogP contribution in [0, 0.1) is 5.92 Å². The molecule has 0 atom stereocenters. The molecule has 1 N–H and O–H groups in total. The number of allylic oxidation sites excluding steroid dienone is 1. The first kappa shape index (κ1) is 23.7. The van der Waals surface area contributed by atoms with Crippen molar-refractivity contribution in [1.29, 1.82) is 0 Å². The van der Waals surface area contributed by atoms with Crippen LogP contribution in [0.1, 0.15) is 54.4 Å². The van der Waals surface area contributed by atoms with Gasteiger partial charge in [-0.05, 0) is 52.7 Å². The first-order valence-electron chi connectivity index (χ1n) is 13.2. The number of carbonyl (C=O) groups excluding carboxylic acids is 2. The molecule has 0 spiro atoms. The van der Waals surface area contributed by atoms with Gasteiger partial charge in [0.05, 0.1) is 6.20 Å². The Morgan fingerprint density at radius 3 is 2.57 bits per heavy atom. The van der Waals surface area contributed by atoms with Crippen LogP contribution in [-0.2, 0) is 31.5 Å². The highest BCUT2D eigenvalue weighted by molar-refractivity contribution is 6.05. The standard InChI is InChI=1S/C30H33N5O2/c1-20(22-5-3-4-6-22)23-9-7-21(8-10-23)17-34-18-25-12-11-24(15-26(25)19-34)29-31-16-28(33(29)2)35-14-13-27(36)32-30(35)37/h7-12,15-16,22H,1,3-6,13-14,17-19H2,2H3,(H,32,36,37). The number of imidazole rings is 1. The minimum absolute atomic E-state index is 0.239. The van der Waals surface area contributed by atoms with Gasteiger partial charge in [0, 0.05) is 45.2 Å². The quantitative estimate of drug-likeness (QED) is 0.507. The average molecular weight is 496 g/mol. The van der Waals surface area contributed by atoms with Crippen LogP contribution < -0.4 is 10.2 Å². The molecule has 7 heteroatoms. The van der Waals surface area contributed by atoms with E-state index in [0.29, 0.717) is 24.7 Å². The number of hydrogen-bond acceptors (Lipinski definition) is 4. The normalized spacial score (nSPS) is 18.4. The van der Waals surface area contributed by atoms with Crippen LogP contribution in [0.25, 0.3) is 17.0 Å². The van der Waals surface area contributed by atoms with E-state index in [9.17, 15) is 9.59 Å². The Balaban J connectivity index is 1.13. The molecule has 1 aromatic heterocycles. The largest absolute Gasteiger partial charge is 0.329 e. The van der Waals surface area contributed by atoms with E-state index in [0.717, 1.165) is 31.0 Å². The Morgan fingerprint density at radius 1 is 1.05 bits per heavy atom. The number of aromatic nitrogens is 2. The van der Waals surface area contributed by atoms with E-state index in [2.05, 4.69) is 64.2 Å². The van der Waals surface area contributed by atoms with Crippen molar-refractivity contribution in [3.63, 3.8) is 0 Å². The first-order valence-corrected chi connectivity index (χ1v) is 13.2. The maximum atomic E-state index is 12.3. The van der Waals surface area contributed by atoms with Crippen LogP contribution >= 0.6 is 0 Å². The fourth-order valence-electron chi connectivity index (χ4n) is 6.01. The van der Waals surface area contributed by atoms with Crippen LogP contribution in [0.15, 0.2) is 55.2 Å². The average Bonchev–Trinajstić information content (AvgIpc) is 3.64. The van der Waals surface area contributed by atoms with Crippen molar-refractivity contribution >= 4 is 23.3 Å². The van der Waals surface area contributed by atoms with Crippen molar-refractivity contribution in [2.75, 3.05) is 11.4 Å². The monoisotopic (exact) mass is 495 g/mol. The second-order valence-electron chi connectivity index (χ2n) is 10.6. The molecular formula is C30H33N5O2. The molecule has 2 aromatic carbocycles. The zero-order valence-electron chi connectivity index (χ0n) is 21.4. The Labute approximate surface area is 217 Å². The molecular weight excluding hydrogens is 462 g/mol. The summed E-state index contributed by atoms with van der Waals surface area (Å²) in [5, 5.41) is 2.38. The van der Waals surface area contributed by atoms with E-state index < -0.39 is 6.03 Å². The summed E-state index contributed by atoms with van der Waals surface area (Å²) in [6.07, 6.45) is 7.22. The van der Waals surface area contributed by atoms with Crippen molar-refractivity contribution in [1.82, 2.24) is 19.8 Å². The van der Waals surface area contributed by atoms with E-state index in [1.165, 1.54) is 53.5 Å². The minimum atomic E-state index is -0.397. The van der Waals surface area contributed by atoms with Crippen molar-refractivity contribution in [3.05, 3.63) is 77.5 Å². The van der Waals surface area contributed by atoms with Gasteiger partial charge in [-0.25, -0.2) is 9.78 Å². The zero-order chi connectivity index (χ0) is 25.5. The van der Waals surface area contributed by atoms with Gasteiger partial charge in [0.1, 0.15) is 11.6 Å². The van der Waals surface area contributed by atoms with Gasteiger partial charge in [0.25, 0.3) is 0 Å². The van der Waals surface area contributed by atoms with Gasteiger partial charge in [0.2, 0.25) is 5.91 Å². The highest BCUT2D eigenvalue weighted by Gasteiger charge is 2.28. The highest BCUT2D eigenvalue weighted by Crippen LogP contribution is 2.36. The van der Waals surface area contributed by atoms with Crippen molar-refractivity contribution < 1.29 is 9.59 Å². The second-order valence-corrected chi connectivity index (χ2v) is 10.6. The first-order chi connectivity index (χ1) is 18.0. The summed E-state index contributed by atoms with van der Waals surface area (Å²) in [5.41, 5.74) is 7.60. The number of hydrogen-bond donors (Lipinski definition) is 1. The summed E-state index contributed by atoms with van der Waals surface area (Å²) in [7, 11) is 1.91. The number of nitrogens with one attached hydrogen (secondary N) is 1. The molecule has 6 rings (SSSR count). The number of amides is 3. The highest BCUT2D eigenvalue weighted by atomic mass is 16.2. The van der Waals surface area contributed by atoms with Crippen molar-refractivity contribution in [2.24, 2.45) is 13.0 Å². The molecule has 3 aromatic rings. The Morgan fingerprint density at radius 2 is 1.81 bits per heavy atom. The van der Waals surface area contributed by atoms with Gasteiger partial charge in [-0.3, -0.25) is 19.9 Å². The molecule has 1 aliphatic carbocycles. The second kappa shape index (κ2) is 9.63. The number of fused-ring (bicyclic) bond motifs is 1. The molecule has 0 unspecified atom stereocenters. The summed E-state index contributed by atoms with van der Waals surface area (Å²) in [6.45, 7) is 7.49. The van der Waals surface area contributed by atoms with Gasteiger partial charge in [-0.15, -0.1) is 0 Å². The molecule has 2 fully saturated rings. The summed E-state index contributed by atoms with van der Waals surface area (Å²) in [5.74, 6) is 1.90. The predicted octanol–water partition coefficient (Wildman–Crippen LogP) is 5.25. The summed E-state index contributed by atoms with van der Waals surface area (Å²) in [6, 6.07) is 15.1. The third-order valence-corrected chi connectivity index (χ3v) is 8.13. The third kappa shape index (κ3) is 4.60. The van der Waals surface area contributed by atoms with Gasteiger partial charge in [-0.1, -0.05) is 55.8 Å². The van der Waals surface area contributed by atoms with Crippen LogP contribution in [0.2, 0.25) is 0 Å². The lowest BCUT2D eigenvalue weighted by Crippen LogP contribution is -2.50. The van der Waals surface area contributed by atoms with Crippen LogP contribution in [-0.4, -0.2) is 32.9 Å². The Kier molecular flexibility index (Phi) is 6.16. The fraction of sp³-hybridized carbons (Fsp3) is 0.367. The number of carbonyl (C=O) groups is 2. The lowest BCUT2D eigenvalue weighted by Gasteiger charge is -2.26. The number of nitrogens with zero attached hydrogens (tertiary/aromatic N) is 4. The van der Waals surface area contributed by atoms with E-state index >= 15 is 0 Å². The molecule has 3 amide bonds. The smallest absolute Gasteiger partial charge is 0.314 e. The molecule has 3 heterocycles.